The third kappa shape index (κ3) is 3.77. The number of benzene rings is 1. The number of hydrogen-bond donors (Lipinski definition) is 1. The lowest BCUT2D eigenvalue weighted by atomic mass is 10.1. The van der Waals surface area contributed by atoms with Gasteiger partial charge in [-0.3, -0.25) is 0 Å². The molecule has 1 N–H and O–H groups in total. The second-order valence-corrected chi connectivity index (χ2v) is 5.37. The van der Waals surface area contributed by atoms with Crippen molar-refractivity contribution >= 4 is 0 Å². The molecule has 5 nitrogen and oxygen atoms in total. The molecule has 0 aromatic heterocycles. The summed E-state index contributed by atoms with van der Waals surface area (Å²) in [6, 6.07) is 4.44. The van der Waals surface area contributed by atoms with Gasteiger partial charge in [0, 0.05) is 19.1 Å². The Morgan fingerprint density at radius 1 is 1.30 bits per heavy atom. The lowest BCUT2D eigenvalue weighted by Gasteiger charge is -2.22. The van der Waals surface area contributed by atoms with E-state index in [0.717, 1.165) is 30.2 Å². The molecular formula is C15H24N2O3. The van der Waals surface area contributed by atoms with Gasteiger partial charge in [0.15, 0.2) is 11.5 Å². The summed E-state index contributed by atoms with van der Waals surface area (Å²) in [5.74, 6) is 2.22. The fraction of sp³-hybridized carbons (Fsp3) is 0.600. The van der Waals surface area contributed by atoms with Gasteiger partial charge in [0.1, 0.15) is 13.2 Å². The molecule has 5 heteroatoms. The van der Waals surface area contributed by atoms with Crippen molar-refractivity contribution in [1.29, 1.82) is 0 Å². The van der Waals surface area contributed by atoms with Crippen LogP contribution < -0.4 is 19.5 Å². The molecule has 1 atom stereocenters. The first kappa shape index (κ1) is 14.9. The molecule has 1 aromatic carbocycles. The molecule has 0 bridgehead atoms. The second kappa shape index (κ2) is 6.81. The summed E-state index contributed by atoms with van der Waals surface area (Å²) in [4.78, 5) is 2.17. The minimum Gasteiger partial charge on any atom is -0.493 e. The third-order valence-corrected chi connectivity index (χ3v) is 3.18. The van der Waals surface area contributed by atoms with Crippen molar-refractivity contribution in [3.05, 3.63) is 17.7 Å². The molecular weight excluding hydrogens is 256 g/mol. The minimum atomic E-state index is 0.421. The standard InChI is InChI=1S/C15H24N2O3/c1-11(10-17(2)3)16-9-12-7-13(18-4)15-14(8-12)19-5-6-20-15/h7-8,11,16H,5-6,9-10H2,1-4H3. The Bertz CT molecular complexity index is 432. The summed E-state index contributed by atoms with van der Waals surface area (Å²) in [7, 11) is 5.80. The molecule has 2 rings (SSSR count). The van der Waals surface area contributed by atoms with E-state index in [1.165, 1.54) is 0 Å². The fourth-order valence-corrected chi connectivity index (χ4v) is 2.33. The van der Waals surface area contributed by atoms with Gasteiger partial charge in [-0.25, -0.2) is 0 Å². The predicted octanol–water partition coefficient (Wildman–Crippen LogP) is 1.51. The number of likely N-dealkylation sites (N-methyl/N-ethyl adjacent to an activating group) is 1. The maximum Gasteiger partial charge on any atom is 0.203 e. The van der Waals surface area contributed by atoms with Gasteiger partial charge in [-0.15, -0.1) is 0 Å². The summed E-state index contributed by atoms with van der Waals surface area (Å²) < 4.78 is 16.6. The van der Waals surface area contributed by atoms with E-state index in [9.17, 15) is 0 Å². The Labute approximate surface area is 120 Å². The van der Waals surface area contributed by atoms with Crippen LogP contribution >= 0.6 is 0 Å². The summed E-state index contributed by atoms with van der Waals surface area (Å²) in [5, 5.41) is 3.49. The molecule has 112 valence electrons. The summed E-state index contributed by atoms with van der Waals surface area (Å²) in [5.41, 5.74) is 1.14. The number of nitrogens with zero attached hydrogens (tertiary/aromatic N) is 1. The van der Waals surface area contributed by atoms with Crippen LogP contribution in [0.2, 0.25) is 0 Å². The molecule has 0 saturated carbocycles. The average Bonchev–Trinajstić information content (AvgIpc) is 2.43. The van der Waals surface area contributed by atoms with Gasteiger partial charge in [-0.1, -0.05) is 0 Å². The van der Waals surface area contributed by atoms with E-state index in [4.69, 9.17) is 14.2 Å². The first-order valence-corrected chi connectivity index (χ1v) is 6.94. The Morgan fingerprint density at radius 3 is 2.75 bits per heavy atom. The van der Waals surface area contributed by atoms with E-state index >= 15 is 0 Å². The van der Waals surface area contributed by atoms with Crippen LogP contribution in [0.3, 0.4) is 0 Å². The fourth-order valence-electron chi connectivity index (χ4n) is 2.33. The molecule has 0 aliphatic carbocycles. The lowest BCUT2D eigenvalue weighted by Crippen LogP contribution is -2.35. The first-order chi connectivity index (χ1) is 9.60. The molecule has 0 radical (unpaired) electrons. The van der Waals surface area contributed by atoms with Crippen molar-refractivity contribution < 1.29 is 14.2 Å². The zero-order valence-corrected chi connectivity index (χ0v) is 12.7. The number of ether oxygens (including phenoxy) is 3. The quantitative estimate of drug-likeness (QED) is 0.855. The third-order valence-electron chi connectivity index (χ3n) is 3.18. The van der Waals surface area contributed by atoms with Crippen molar-refractivity contribution in [3.63, 3.8) is 0 Å². The highest BCUT2D eigenvalue weighted by atomic mass is 16.6. The average molecular weight is 280 g/mol. The smallest absolute Gasteiger partial charge is 0.203 e. The SMILES string of the molecule is COc1cc(CNC(C)CN(C)C)cc2c1OCCO2. The number of hydrogen-bond acceptors (Lipinski definition) is 5. The molecule has 1 aliphatic heterocycles. The summed E-state index contributed by atoms with van der Waals surface area (Å²) >= 11 is 0. The van der Waals surface area contributed by atoms with Gasteiger partial charge in [-0.05, 0) is 38.7 Å². The van der Waals surface area contributed by atoms with Gasteiger partial charge in [0.05, 0.1) is 7.11 Å². The molecule has 0 spiro atoms. The van der Waals surface area contributed by atoms with Crippen molar-refractivity contribution in [2.45, 2.75) is 19.5 Å². The second-order valence-electron chi connectivity index (χ2n) is 5.37. The minimum absolute atomic E-state index is 0.421. The maximum absolute atomic E-state index is 5.64. The highest BCUT2D eigenvalue weighted by Crippen LogP contribution is 2.40. The monoisotopic (exact) mass is 280 g/mol. The molecule has 0 fully saturated rings. The molecule has 0 saturated heterocycles. The van der Waals surface area contributed by atoms with Crippen LogP contribution in [0.15, 0.2) is 12.1 Å². The Kier molecular flexibility index (Phi) is 5.09. The lowest BCUT2D eigenvalue weighted by molar-refractivity contribution is 0.165. The van der Waals surface area contributed by atoms with Gasteiger partial charge in [0.2, 0.25) is 5.75 Å². The first-order valence-electron chi connectivity index (χ1n) is 6.94. The maximum atomic E-state index is 5.64. The normalized spacial score (nSPS) is 15.2. The number of rotatable bonds is 6. The number of methoxy groups -OCH3 is 1. The molecule has 1 unspecified atom stereocenters. The van der Waals surface area contributed by atoms with Gasteiger partial charge in [-0.2, -0.15) is 0 Å². The molecule has 1 heterocycles. The summed E-state index contributed by atoms with van der Waals surface area (Å²) in [6.45, 7) is 5.11. The van der Waals surface area contributed by atoms with E-state index < -0.39 is 0 Å². The topological polar surface area (TPSA) is 43.0 Å². The zero-order valence-electron chi connectivity index (χ0n) is 12.7. The zero-order chi connectivity index (χ0) is 14.5. The van der Waals surface area contributed by atoms with Crippen LogP contribution in [-0.4, -0.2) is 51.9 Å². The largest absolute Gasteiger partial charge is 0.493 e. The highest BCUT2D eigenvalue weighted by Gasteiger charge is 2.18. The van der Waals surface area contributed by atoms with Crippen LogP contribution in [0.1, 0.15) is 12.5 Å². The van der Waals surface area contributed by atoms with E-state index in [-0.39, 0.29) is 0 Å². The van der Waals surface area contributed by atoms with Crippen molar-refractivity contribution in [2.24, 2.45) is 0 Å². The highest BCUT2D eigenvalue weighted by molar-refractivity contribution is 5.54. The van der Waals surface area contributed by atoms with E-state index in [1.54, 1.807) is 7.11 Å². The van der Waals surface area contributed by atoms with Crippen molar-refractivity contribution in [1.82, 2.24) is 10.2 Å². The van der Waals surface area contributed by atoms with E-state index in [0.29, 0.717) is 25.0 Å². The Hall–Kier alpha value is -1.46. The van der Waals surface area contributed by atoms with Crippen LogP contribution in [0.5, 0.6) is 17.2 Å². The molecule has 1 aromatic rings. The Balaban J connectivity index is 2.05. The van der Waals surface area contributed by atoms with Crippen LogP contribution in [0.25, 0.3) is 0 Å². The predicted molar refractivity (Wildman–Crippen MR) is 78.8 cm³/mol. The van der Waals surface area contributed by atoms with E-state index in [1.807, 2.05) is 12.1 Å². The number of fused-ring (bicyclic) bond motifs is 1. The van der Waals surface area contributed by atoms with Gasteiger partial charge < -0.3 is 24.4 Å². The Morgan fingerprint density at radius 2 is 2.05 bits per heavy atom. The van der Waals surface area contributed by atoms with Crippen molar-refractivity contribution in [3.8, 4) is 17.2 Å². The molecule has 1 aliphatic rings. The van der Waals surface area contributed by atoms with Gasteiger partial charge in [0.25, 0.3) is 0 Å². The number of nitrogens with one attached hydrogen (secondary N) is 1. The van der Waals surface area contributed by atoms with Crippen LogP contribution in [-0.2, 0) is 6.54 Å². The van der Waals surface area contributed by atoms with Crippen molar-refractivity contribution in [2.75, 3.05) is 41.0 Å². The van der Waals surface area contributed by atoms with Gasteiger partial charge >= 0.3 is 0 Å². The molecule has 0 amide bonds. The van der Waals surface area contributed by atoms with Crippen LogP contribution in [0, 0.1) is 0 Å². The summed E-state index contributed by atoms with van der Waals surface area (Å²) in [6.07, 6.45) is 0. The van der Waals surface area contributed by atoms with Crippen LogP contribution in [0.4, 0.5) is 0 Å². The molecule has 20 heavy (non-hydrogen) atoms. The van der Waals surface area contributed by atoms with E-state index in [2.05, 4.69) is 31.2 Å².